The van der Waals surface area contributed by atoms with Crippen LogP contribution >= 0.6 is 0 Å². The Balaban J connectivity index is 1.69. The Hall–Kier alpha value is -1.64. The minimum absolute atomic E-state index is 0.565. The first-order chi connectivity index (χ1) is 10.3. The van der Waals surface area contributed by atoms with E-state index in [1.807, 2.05) is 18.2 Å². The second kappa shape index (κ2) is 6.42. The van der Waals surface area contributed by atoms with Gasteiger partial charge in [0.05, 0.1) is 11.0 Å². The van der Waals surface area contributed by atoms with Gasteiger partial charge >= 0.3 is 0 Å². The summed E-state index contributed by atoms with van der Waals surface area (Å²) in [5, 5.41) is 0. The van der Waals surface area contributed by atoms with Crippen LogP contribution in [0.5, 0.6) is 0 Å². The summed E-state index contributed by atoms with van der Waals surface area (Å²) in [4.78, 5) is 19.0. The number of aromatic amines is 1. The van der Waals surface area contributed by atoms with E-state index >= 15 is 0 Å². The lowest BCUT2D eigenvalue weighted by molar-refractivity contribution is 0.112. The molecule has 1 aliphatic rings. The van der Waals surface area contributed by atoms with Gasteiger partial charge in [0, 0.05) is 11.5 Å². The molecule has 0 bridgehead atoms. The zero-order chi connectivity index (χ0) is 14.7. The summed E-state index contributed by atoms with van der Waals surface area (Å²) < 4.78 is 0. The van der Waals surface area contributed by atoms with Gasteiger partial charge in [-0.2, -0.15) is 0 Å². The molecule has 1 saturated carbocycles. The van der Waals surface area contributed by atoms with Crippen LogP contribution in [0.2, 0.25) is 0 Å². The number of H-pyrrole nitrogens is 1. The Morgan fingerprint density at radius 3 is 2.81 bits per heavy atom. The molecule has 0 unspecified atom stereocenters. The number of aldehydes is 1. The van der Waals surface area contributed by atoms with Crippen molar-refractivity contribution in [2.75, 3.05) is 0 Å². The molecule has 0 atom stereocenters. The van der Waals surface area contributed by atoms with Crippen molar-refractivity contribution in [3.8, 4) is 0 Å². The molecule has 0 saturated heterocycles. The number of aromatic nitrogens is 2. The van der Waals surface area contributed by atoms with Crippen LogP contribution in [0, 0.1) is 5.92 Å². The first kappa shape index (κ1) is 14.3. The molecule has 1 N–H and O–H groups in total. The monoisotopic (exact) mass is 284 g/mol. The minimum Gasteiger partial charge on any atom is -0.342 e. The highest BCUT2D eigenvalue weighted by atomic mass is 16.1. The van der Waals surface area contributed by atoms with E-state index in [2.05, 4.69) is 11.9 Å². The molecule has 0 amide bonds. The smallest absolute Gasteiger partial charge is 0.150 e. The van der Waals surface area contributed by atoms with Crippen molar-refractivity contribution < 1.29 is 4.79 Å². The first-order valence-corrected chi connectivity index (χ1v) is 8.25. The van der Waals surface area contributed by atoms with E-state index in [1.165, 1.54) is 44.9 Å². The van der Waals surface area contributed by atoms with E-state index in [4.69, 9.17) is 4.98 Å². The van der Waals surface area contributed by atoms with E-state index in [1.54, 1.807) is 0 Å². The van der Waals surface area contributed by atoms with E-state index in [0.717, 1.165) is 29.1 Å². The van der Waals surface area contributed by atoms with E-state index in [0.29, 0.717) is 11.5 Å². The maximum Gasteiger partial charge on any atom is 0.150 e. The minimum atomic E-state index is 0.565. The van der Waals surface area contributed by atoms with Crippen molar-refractivity contribution in [3.63, 3.8) is 0 Å². The second-order valence-electron chi connectivity index (χ2n) is 6.38. The maximum absolute atomic E-state index is 10.8. The van der Waals surface area contributed by atoms with Crippen LogP contribution in [0.1, 0.15) is 74.0 Å². The Morgan fingerprint density at radius 1 is 1.29 bits per heavy atom. The number of fused-ring (bicyclic) bond motifs is 1. The molecule has 3 nitrogen and oxygen atoms in total. The normalized spacial score (nSPS) is 22.5. The average molecular weight is 284 g/mol. The number of hydrogen-bond donors (Lipinski definition) is 1. The summed E-state index contributed by atoms with van der Waals surface area (Å²) in [7, 11) is 0. The SMILES string of the molecule is CCCCC1CCC(c2nc3ccc(C=O)cc3[nH]2)CC1. The lowest BCUT2D eigenvalue weighted by Crippen LogP contribution is -2.14. The highest BCUT2D eigenvalue weighted by molar-refractivity contribution is 5.84. The molecular weight excluding hydrogens is 260 g/mol. The second-order valence-corrected chi connectivity index (χ2v) is 6.38. The van der Waals surface area contributed by atoms with Gasteiger partial charge in [-0.3, -0.25) is 4.79 Å². The highest BCUT2D eigenvalue weighted by Gasteiger charge is 2.24. The van der Waals surface area contributed by atoms with E-state index in [9.17, 15) is 4.79 Å². The molecule has 1 aliphatic carbocycles. The number of hydrogen-bond acceptors (Lipinski definition) is 2. The van der Waals surface area contributed by atoms with Crippen LogP contribution < -0.4 is 0 Å². The molecule has 1 aromatic heterocycles. The molecule has 1 fully saturated rings. The molecule has 0 aliphatic heterocycles. The molecule has 2 aromatic rings. The highest BCUT2D eigenvalue weighted by Crippen LogP contribution is 2.37. The maximum atomic E-state index is 10.8. The number of nitrogens with one attached hydrogen (secondary N) is 1. The average Bonchev–Trinajstić information content (AvgIpc) is 2.96. The Bertz CT molecular complexity index is 609. The third kappa shape index (κ3) is 3.17. The van der Waals surface area contributed by atoms with Crippen molar-refractivity contribution >= 4 is 17.3 Å². The number of unbranched alkanes of at least 4 members (excludes halogenated alkanes) is 1. The Labute approximate surface area is 126 Å². The quantitative estimate of drug-likeness (QED) is 0.798. The van der Waals surface area contributed by atoms with Gasteiger partial charge in [-0.1, -0.05) is 26.2 Å². The summed E-state index contributed by atoms with van der Waals surface area (Å²) in [6.45, 7) is 2.27. The van der Waals surface area contributed by atoms with Gasteiger partial charge in [-0.25, -0.2) is 4.98 Å². The standard InChI is InChI=1S/C18H24N2O/c1-2-3-4-13-5-8-15(9-6-13)18-19-16-10-7-14(12-21)11-17(16)20-18/h7,10-13,15H,2-6,8-9H2,1H3,(H,19,20). The zero-order valence-electron chi connectivity index (χ0n) is 12.8. The van der Waals surface area contributed by atoms with Gasteiger partial charge in [-0.15, -0.1) is 0 Å². The molecular formula is C18H24N2O. The van der Waals surface area contributed by atoms with E-state index in [-0.39, 0.29) is 0 Å². The fourth-order valence-electron chi connectivity index (χ4n) is 3.53. The molecule has 0 radical (unpaired) electrons. The van der Waals surface area contributed by atoms with Crippen LogP contribution in [-0.4, -0.2) is 16.3 Å². The predicted molar refractivity (Wildman–Crippen MR) is 85.7 cm³/mol. The fourth-order valence-corrected chi connectivity index (χ4v) is 3.53. The molecule has 112 valence electrons. The number of benzene rings is 1. The van der Waals surface area contributed by atoms with Crippen LogP contribution in [0.25, 0.3) is 11.0 Å². The molecule has 3 rings (SSSR count). The Kier molecular flexibility index (Phi) is 4.37. The number of rotatable bonds is 5. The largest absolute Gasteiger partial charge is 0.342 e. The molecule has 1 heterocycles. The molecule has 1 aromatic carbocycles. The van der Waals surface area contributed by atoms with Crippen LogP contribution in [-0.2, 0) is 0 Å². The summed E-state index contributed by atoms with van der Waals surface area (Å²) >= 11 is 0. The van der Waals surface area contributed by atoms with Crippen LogP contribution in [0.15, 0.2) is 18.2 Å². The molecule has 0 spiro atoms. The van der Waals surface area contributed by atoms with Gasteiger partial charge in [0.1, 0.15) is 12.1 Å². The van der Waals surface area contributed by atoms with Crippen LogP contribution in [0.4, 0.5) is 0 Å². The lowest BCUT2D eigenvalue weighted by atomic mass is 9.79. The summed E-state index contributed by atoms with van der Waals surface area (Å²) in [5.41, 5.74) is 2.67. The first-order valence-electron chi connectivity index (χ1n) is 8.25. The van der Waals surface area contributed by atoms with Gasteiger partial charge in [0.25, 0.3) is 0 Å². The number of imidazole rings is 1. The third-order valence-electron chi connectivity index (χ3n) is 4.86. The van der Waals surface area contributed by atoms with Gasteiger partial charge < -0.3 is 4.98 Å². The Morgan fingerprint density at radius 2 is 2.10 bits per heavy atom. The molecule has 21 heavy (non-hydrogen) atoms. The van der Waals surface area contributed by atoms with Crippen LogP contribution in [0.3, 0.4) is 0 Å². The van der Waals surface area contributed by atoms with Crippen molar-refractivity contribution in [2.45, 2.75) is 57.8 Å². The van der Waals surface area contributed by atoms with Gasteiger partial charge in [-0.05, 0) is 49.8 Å². The summed E-state index contributed by atoms with van der Waals surface area (Å²) in [5.74, 6) is 2.60. The van der Waals surface area contributed by atoms with E-state index < -0.39 is 0 Å². The lowest BCUT2D eigenvalue weighted by Gasteiger charge is -2.27. The van der Waals surface area contributed by atoms with Crippen molar-refractivity contribution in [1.29, 1.82) is 0 Å². The number of carbonyl (C=O) groups is 1. The van der Waals surface area contributed by atoms with Gasteiger partial charge in [0.2, 0.25) is 0 Å². The zero-order valence-corrected chi connectivity index (χ0v) is 12.8. The molecule has 3 heteroatoms. The summed E-state index contributed by atoms with van der Waals surface area (Å²) in [6.07, 6.45) is 10.1. The number of nitrogens with zero attached hydrogens (tertiary/aromatic N) is 1. The van der Waals surface area contributed by atoms with Crippen molar-refractivity contribution in [2.24, 2.45) is 5.92 Å². The third-order valence-corrected chi connectivity index (χ3v) is 4.86. The predicted octanol–water partition coefficient (Wildman–Crippen LogP) is 4.84. The van der Waals surface area contributed by atoms with Gasteiger partial charge in [0.15, 0.2) is 0 Å². The topological polar surface area (TPSA) is 45.8 Å². The van der Waals surface area contributed by atoms with Crippen molar-refractivity contribution in [3.05, 3.63) is 29.6 Å². The summed E-state index contributed by atoms with van der Waals surface area (Å²) in [6, 6.07) is 5.67. The fraction of sp³-hybridized carbons (Fsp3) is 0.556. The number of carbonyl (C=O) groups excluding carboxylic acids is 1. The van der Waals surface area contributed by atoms with Crippen molar-refractivity contribution in [1.82, 2.24) is 9.97 Å².